The van der Waals surface area contributed by atoms with Crippen molar-refractivity contribution in [2.75, 3.05) is 27.2 Å². The summed E-state index contributed by atoms with van der Waals surface area (Å²) in [6.07, 6.45) is 2.36. The van der Waals surface area contributed by atoms with Crippen LogP contribution in [0.15, 0.2) is 18.2 Å². The number of carbonyl (C=O) groups excluding carboxylic acids is 1. The number of ether oxygens (including phenoxy) is 1. The zero-order valence-electron chi connectivity index (χ0n) is 12.0. The van der Waals surface area contributed by atoms with Crippen molar-refractivity contribution < 1.29 is 9.53 Å². The third-order valence-electron chi connectivity index (χ3n) is 3.85. The number of hydrogen-bond donors (Lipinski definition) is 1. The number of nitrogens with one attached hydrogen (secondary N) is 1. The molecular weight excluding hydrogens is 276 g/mol. The Morgan fingerprint density at radius 3 is 2.75 bits per heavy atom. The van der Waals surface area contributed by atoms with Crippen molar-refractivity contribution in [1.82, 2.24) is 10.2 Å². The highest BCUT2D eigenvalue weighted by Crippen LogP contribution is 2.23. The number of methoxy groups -OCH3 is 1. The van der Waals surface area contributed by atoms with E-state index in [-0.39, 0.29) is 5.91 Å². The SMILES string of the molecule is COc1ccc(CC(=O)N(C)C2CCNCC2)c(Cl)c1. The van der Waals surface area contributed by atoms with Gasteiger partial charge in [-0.2, -0.15) is 0 Å². The smallest absolute Gasteiger partial charge is 0.227 e. The number of carbonyl (C=O) groups is 1. The molecule has 1 aliphatic heterocycles. The fourth-order valence-corrected chi connectivity index (χ4v) is 2.72. The first-order valence-corrected chi connectivity index (χ1v) is 7.28. The zero-order chi connectivity index (χ0) is 14.5. The molecule has 0 unspecified atom stereocenters. The van der Waals surface area contributed by atoms with Crippen LogP contribution in [0.1, 0.15) is 18.4 Å². The Bertz CT molecular complexity index is 473. The van der Waals surface area contributed by atoms with Crippen LogP contribution in [0.5, 0.6) is 5.75 Å². The maximum absolute atomic E-state index is 12.3. The Hall–Kier alpha value is -1.26. The lowest BCUT2D eigenvalue weighted by atomic mass is 10.0. The second-order valence-electron chi connectivity index (χ2n) is 5.12. The Balaban J connectivity index is 1.99. The van der Waals surface area contributed by atoms with Crippen LogP contribution in [0.2, 0.25) is 5.02 Å². The maximum Gasteiger partial charge on any atom is 0.227 e. The van der Waals surface area contributed by atoms with Gasteiger partial charge in [-0.3, -0.25) is 4.79 Å². The summed E-state index contributed by atoms with van der Waals surface area (Å²) in [4.78, 5) is 14.2. The number of halogens is 1. The number of piperidine rings is 1. The molecule has 1 amide bonds. The van der Waals surface area contributed by atoms with Crippen LogP contribution in [-0.2, 0) is 11.2 Å². The molecule has 0 aliphatic carbocycles. The highest BCUT2D eigenvalue weighted by molar-refractivity contribution is 6.31. The van der Waals surface area contributed by atoms with E-state index in [1.807, 2.05) is 24.1 Å². The average Bonchev–Trinajstić information content (AvgIpc) is 2.49. The second kappa shape index (κ2) is 6.95. The summed E-state index contributed by atoms with van der Waals surface area (Å²) in [5.74, 6) is 0.821. The van der Waals surface area contributed by atoms with Gasteiger partial charge in [0.2, 0.25) is 5.91 Å². The summed E-state index contributed by atoms with van der Waals surface area (Å²) in [6.45, 7) is 1.96. The second-order valence-corrected chi connectivity index (χ2v) is 5.53. The summed E-state index contributed by atoms with van der Waals surface area (Å²) in [7, 11) is 3.48. The monoisotopic (exact) mass is 296 g/mol. The van der Waals surface area contributed by atoms with Gasteiger partial charge in [0.05, 0.1) is 13.5 Å². The molecule has 110 valence electrons. The molecule has 0 bridgehead atoms. The molecule has 2 rings (SSSR count). The number of likely N-dealkylation sites (N-methyl/N-ethyl adjacent to an activating group) is 1. The molecule has 5 heteroatoms. The molecule has 20 heavy (non-hydrogen) atoms. The standard InChI is InChI=1S/C15H21ClN2O2/c1-18(12-5-7-17-8-6-12)15(19)9-11-3-4-13(20-2)10-14(11)16/h3-4,10,12,17H,5-9H2,1-2H3. The molecule has 1 aliphatic rings. The van der Waals surface area contributed by atoms with Gasteiger partial charge >= 0.3 is 0 Å². The van der Waals surface area contributed by atoms with Crippen LogP contribution in [-0.4, -0.2) is 44.1 Å². The molecule has 0 radical (unpaired) electrons. The van der Waals surface area contributed by atoms with Crippen LogP contribution in [0, 0.1) is 0 Å². The van der Waals surface area contributed by atoms with Gasteiger partial charge < -0.3 is 15.0 Å². The fraction of sp³-hybridized carbons (Fsp3) is 0.533. The van der Waals surface area contributed by atoms with Crippen molar-refractivity contribution in [3.8, 4) is 5.75 Å². The molecule has 0 spiro atoms. The van der Waals surface area contributed by atoms with Gasteiger partial charge in [-0.15, -0.1) is 0 Å². The van der Waals surface area contributed by atoms with Crippen molar-refractivity contribution in [3.05, 3.63) is 28.8 Å². The first-order chi connectivity index (χ1) is 9.61. The van der Waals surface area contributed by atoms with E-state index in [1.54, 1.807) is 13.2 Å². The lowest BCUT2D eigenvalue weighted by Crippen LogP contribution is -2.44. The van der Waals surface area contributed by atoms with E-state index < -0.39 is 0 Å². The Morgan fingerprint density at radius 1 is 1.45 bits per heavy atom. The highest BCUT2D eigenvalue weighted by atomic mass is 35.5. The molecular formula is C15H21ClN2O2. The first-order valence-electron chi connectivity index (χ1n) is 6.90. The van der Waals surface area contributed by atoms with Crippen LogP contribution in [0.3, 0.4) is 0 Å². The van der Waals surface area contributed by atoms with Gasteiger partial charge in [0.15, 0.2) is 0 Å². The minimum atomic E-state index is 0.115. The largest absolute Gasteiger partial charge is 0.497 e. The third-order valence-corrected chi connectivity index (χ3v) is 4.20. The van der Waals surface area contributed by atoms with E-state index in [9.17, 15) is 4.79 Å². The van der Waals surface area contributed by atoms with Crippen molar-refractivity contribution in [1.29, 1.82) is 0 Å². The number of amides is 1. The number of rotatable bonds is 4. The normalized spacial score (nSPS) is 15.9. The molecule has 1 saturated heterocycles. The van der Waals surface area contributed by atoms with Crippen LogP contribution in [0.25, 0.3) is 0 Å². The Labute approximate surface area is 125 Å². The van der Waals surface area contributed by atoms with Gasteiger partial charge in [0, 0.05) is 18.1 Å². The first kappa shape index (κ1) is 15.1. The van der Waals surface area contributed by atoms with E-state index in [2.05, 4.69) is 5.32 Å². The summed E-state index contributed by atoms with van der Waals surface area (Å²) in [6, 6.07) is 5.77. The highest BCUT2D eigenvalue weighted by Gasteiger charge is 2.22. The van der Waals surface area contributed by atoms with Crippen LogP contribution < -0.4 is 10.1 Å². The van der Waals surface area contributed by atoms with Crippen molar-refractivity contribution in [2.45, 2.75) is 25.3 Å². The molecule has 1 aromatic rings. The van der Waals surface area contributed by atoms with Gasteiger partial charge in [-0.25, -0.2) is 0 Å². The quantitative estimate of drug-likeness (QED) is 0.925. The van der Waals surface area contributed by atoms with E-state index in [0.29, 0.717) is 23.2 Å². The number of nitrogens with zero attached hydrogens (tertiary/aromatic N) is 1. The number of benzene rings is 1. The van der Waals surface area contributed by atoms with Crippen molar-refractivity contribution >= 4 is 17.5 Å². The van der Waals surface area contributed by atoms with E-state index in [4.69, 9.17) is 16.3 Å². The Morgan fingerprint density at radius 2 is 2.15 bits per heavy atom. The van der Waals surface area contributed by atoms with E-state index >= 15 is 0 Å². The molecule has 1 N–H and O–H groups in total. The lowest BCUT2D eigenvalue weighted by molar-refractivity contribution is -0.131. The lowest BCUT2D eigenvalue weighted by Gasteiger charge is -2.31. The van der Waals surface area contributed by atoms with E-state index in [1.165, 1.54) is 0 Å². The molecule has 0 saturated carbocycles. The van der Waals surface area contributed by atoms with Crippen LogP contribution in [0.4, 0.5) is 0 Å². The average molecular weight is 297 g/mol. The van der Waals surface area contributed by atoms with Crippen molar-refractivity contribution in [3.63, 3.8) is 0 Å². The predicted octanol–water partition coefficient (Wildman–Crippen LogP) is 2.10. The summed E-state index contributed by atoms with van der Waals surface area (Å²) < 4.78 is 5.11. The topological polar surface area (TPSA) is 41.6 Å². The van der Waals surface area contributed by atoms with E-state index in [0.717, 1.165) is 31.5 Å². The molecule has 1 aromatic carbocycles. The zero-order valence-corrected chi connectivity index (χ0v) is 12.7. The summed E-state index contributed by atoms with van der Waals surface area (Å²) in [5.41, 5.74) is 0.846. The molecule has 0 atom stereocenters. The predicted molar refractivity (Wildman–Crippen MR) is 80.4 cm³/mol. The molecule has 1 heterocycles. The van der Waals surface area contributed by atoms with Crippen molar-refractivity contribution in [2.24, 2.45) is 0 Å². The fourth-order valence-electron chi connectivity index (χ4n) is 2.48. The minimum absolute atomic E-state index is 0.115. The van der Waals surface area contributed by atoms with Gasteiger partial charge in [0.1, 0.15) is 5.75 Å². The molecule has 0 aromatic heterocycles. The van der Waals surface area contributed by atoms with Gasteiger partial charge in [-0.1, -0.05) is 17.7 Å². The molecule has 1 fully saturated rings. The number of hydrogen-bond acceptors (Lipinski definition) is 3. The maximum atomic E-state index is 12.3. The van der Waals surface area contributed by atoms with Crippen LogP contribution >= 0.6 is 11.6 Å². The summed E-state index contributed by atoms with van der Waals surface area (Å²) in [5, 5.41) is 3.89. The summed E-state index contributed by atoms with van der Waals surface area (Å²) >= 11 is 6.18. The van der Waals surface area contributed by atoms with Gasteiger partial charge in [0.25, 0.3) is 0 Å². The minimum Gasteiger partial charge on any atom is -0.497 e. The third kappa shape index (κ3) is 3.64. The van der Waals surface area contributed by atoms with Gasteiger partial charge in [-0.05, 0) is 43.6 Å². The molecule has 4 nitrogen and oxygen atoms in total. The Kier molecular flexibility index (Phi) is 5.26.